The number of hydrogen-bond acceptors (Lipinski definition) is 6. The highest BCUT2D eigenvalue weighted by atomic mass is 32.2. The molecule has 1 aromatic carbocycles. The van der Waals surface area contributed by atoms with E-state index in [1.54, 1.807) is 18.6 Å². The summed E-state index contributed by atoms with van der Waals surface area (Å²) in [6.07, 6.45) is -7.37. The highest BCUT2D eigenvalue weighted by molar-refractivity contribution is 7.88. The molecule has 0 bridgehead atoms. The number of benzene rings is 1. The number of carbonyl (C=O) groups excluding carboxylic acids is 2. The van der Waals surface area contributed by atoms with E-state index in [0.717, 1.165) is 18.2 Å². The topological polar surface area (TPSA) is 123 Å². The van der Waals surface area contributed by atoms with Gasteiger partial charge in [-0.05, 0) is 52.3 Å². The predicted molar refractivity (Wildman–Crippen MR) is 105 cm³/mol. The summed E-state index contributed by atoms with van der Waals surface area (Å²) in [5, 5.41) is 2.31. The Kier molecular flexibility index (Phi) is 8.70. The van der Waals surface area contributed by atoms with Crippen LogP contribution >= 0.6 is 0 Å². The summed E-state index contributed by atoms with van der Waals surface area (Å²) in [7, 11) is -4.44. The van der Waals surface area contributed by atoms with Gasteiger partial charge in [-0.25, -0.2) is 14.3 Å². The van der Waals surface area contributed by atoms with Gasteiger partial charge in [0, 0.05) is 6.54 Å². The molecule has 2 amide bonds. The second kappa shape index (κ2) is 10.2. The third-order valence-corrected chi connectivity index (χ3v) is 4.33. The average Bonchev–Trinajstić information content (AvgIpc) is 2.55. The standard InChI is InChI=1S/C18H26F3N3O6S/c1-11(2)29-15(25)23-14(12-7-6-8-13(9-12)18(19,20)21)10-22-31(27,28)24-16(26)30-17(3,4)5/h6-9,11,14,22H,10H2,1-5H3,(H,23,25)(H,24,26). The summed E-state index contributed by atoms with van der Waals surface area (Å²) in [5.41, 5.74) is -1.97. The maximum Gasteiger partial charge on any atom is 0.422 e. The summed E-state index contributed by atoms with van der Waals surface area (Å²) >= 11 is 0. The molecule has 0 aliphatic carbocycles. The largest absolute Gasteiger partial charge is 0.447 e. The second-order valence-electron chi connectivity index (χ2n) is 7.73. The minimum absolute atomic E-state index is 0.0319. The molecular formula is C18H26F3N3O6S. The molecule has 1 rings (SSSR count). The van der Waals surface area contributed by atoms with Gasteiger partial charge < -0.3 is 14.8 Å². The van der Waals surface area contributed by atoms with Crippen LogP contribution in [-0.2, 0) is 25.9 Å². The fourth-order valence-electron chi connectivity index (χ4n) is 2.21. The minimum Gasteiger partial charge on any atom is -0.447 e. The summed E-state index contributed by atoms with van der Waals surface area (Å²) in [6.45, 7) is 7.13. The Morgan fingerprint density at radius 2 is 1.71 bits per heavy atom. The van der Waals surface area contributed by atoms with Crippen LogP contribution in [0.1, 0.15) is 51.8 Å². The third-order valence-electron chi connectivity index (χ3n) is 3.35. The molecule has 0 heterocycles. The lowest BCUT2D eigenvalue weighted by Gasteiger charge is -2.22. The molecule has 3 N–H and O–H groups in total. The van der Waals surface area contributed by atoms with Gasteiger partial charge in [0.25, 0.3) is 0 Å². The Balaban J connectivity index is 3.03. The van der Waals surface area contributed by atoms with Gasteiger partial charge in [0.2, 0.25) is 0 Å². The van der Waals surface area contributed by atoms with E-state index in [0.29, 0.717) is 0 Å². The molecule has 1 unspecified atom stereocenters. The van der Waals surface area contributed by atoms with Gasteiger partial charge >= 0.3 is 28.6 Å². The Bertz CT molecular complexity index is 882. The van der Waals surface area contributed by atoms with Crippen molar-refractivity contribution >= 4 is 22.4 Å². The first-order chi connectivity index (χ1) is 14.0. The number of amides is 2. The Morgan fingerprint density at radius 3 is 2.23 bits per heavy atom. The molecule has 0 aliphatic rings. The van der Waals surface area contributed by atoms with Gasteiger partial charge in [0.15, 0.2) is 0 Å². The molecule has 176 valence electrons. The molecule has 9 nitrogen and oxygen atoms in total. The number of carbonyl (C=O) groups is 2. The molecule has 0 aromatic heterocycles. The molecule has 0 saturated carbocycles. The van der Waals surface area contributed by atoms with E-state index in [1.807, 2.05) is 4.72 Å². The smallest absolute Gasteiger partial charge is 0.422 e. The molecule has 0 radical (unpaired) electrons. The highest BCUT2D eigenvalue weighted by Gasteiger charge is 2.31. The van der Waals surface area contributed by atoms with Gasteiger partial charge in [-0.1, -0.05) is 12.1 Å². The van der Waals surface area contributed by atoms with Crippen LogP contribution < -0.4 is 14.8 Å². The fraction of sp³-hybridized carbons (Fsp3) is 0.556. The first-order valence-electron chi connectivity index (χ1n) is 9.13. The van der Waals surface area contributed by atoms with Crippen molar-refractivity contribution in [3.63, 3.8) is 0 Å². The number of alkyl halides is 3. The number of ether oxygens (including phenoxy) is 2. The zero-order valence-corrected chi connectivity index (χ0v) is 18.5. The van der Waals surface area contributed by atoms with Crippen LogP contribution in [0.3, 0.4) is 0 Å². The van der Waals surface area contributed by atoms with Crippen LogP contribution in [0.15, 0.2) is 24.3 Å². The second-order valence-corrected chi connectivity index (χ2v) is 9.23. The summed E-state index contributed by atoms with van der Waals surface area (Å²) in [4.78, 5) is 23.6. The van der Waals surface area contributed by atoms with E-state index < -0.39 is 58.4 Å². The van der Waals surface area contributed by atoms with E-state index >= 15 is 0 Å². The molecule has 1 atom stereocenters. The zero-order chi connectivity index (χ0) is 24.0. The maximum absolute atomic E-state index is 13.0. The normalized spacial score (nSPS) is 13.5. The molecule has 0 spiro atoms. The van der Waals surface area contributed by atoms with Gasteiger partial charge in [-0.3, -0.25) is 0 Å². The number of alkyl carbamates (subject to hydrolysis) is 1. The molecule has 0 fully saturated rings. The molecular weight excluding hydrogens is 443 g/mol. The summed E-state index contributed by atoms with van der Waals surface area (Å²) in [5.74, 6) is 0. The van der Waals surface area contributed by atoms with Crippen molar-refractivity contribution in [1.29, 1.82) is 0 Å². The lowest BCUT2D eigenvalue weighted by molar-refractivity contribution is -0.137. The highest BCUT2D eigenvalue weighted by Crippen LogP contribution is 2.30. The molecule has 1 aromatic rings. The van der Waals surface area contributed by atoms with Crippen molar-refractivity contribution in [2.45, 2.75) is 58.5 Å². The van der Waals surface area contributed by atoms with Crippen molar-refractivity contribution in [3.8, 4) is 0 Å². The van der Waals surface area contributed by atoms with Gasteiger partial charge in [0.1, 0.15) is 5.60 Å². The van der Waals surface area contributed by atoms with Crippen molar-refractivity contribution < 1.29 is 40.7 Å². The minimum atomic E-state index is -4.64. The number of nitrogens with one attached hydrogen (secondary N) is 3. The van der Waals surface area contributed by atoms with Gasteiger partial charge in [-0.15, -0.1) is 0 Å². The first-order valence-corrected chi connectivity index (χ1v) is 10.6. The average molecular weight is 469 g/mol. The van der Waals surface area contributed by atoms with E-state index in [4.69, 9.17) is 9.47 Å². The Morgan fingerprint density at radius 1 is 1.10 bits per heavy atom. The van der Waals surface area contributed by atoms with Crippen molar-refractivity contribution in [2.75, 3.05) is 6.54 Å². The number of rotatable bonds is 7. The Labute approximate surface area is 178 Å². The summed E-state index contributed by atoms with van der Waals surface area (Å²) in [6, 6.07) is 2.78. The van der Waals surface area contributed by atoms with Crippen LogP contribution in [0.4, 0.5) is 22.8 Å². The molecule has 31 heavy (non-hydrogen) atoms. The van der Waals surface area contributed by atoms with Crippen LogP contribution in [0.5, 0.6) is 0 Å². The molecule has 13 heteroatoms. The SMILES string of the molecule is CC(C)OC(=O)NC(CNS(=O)(=O)NC(=O)OC(C)(C)C)c1cccc(C(F)(F)F)c1. The maximum atomic E-state index is 13.0. The van der Waals surface area contributed by atoms with E-state index in [-0.39, 0.29) is 5.56 Å². The molecule has 0 aliphatic heterocycles. The van der Waals surface area contributed by atoms with E-state index in [1.165, 1.54) is 26.8 Å². The quantitative estimate of drug-likeness (QED) is 0.564. The number of halogens is 3. The van der Waals surface area contributed by atoms with Crippen LogP contribution in [0.25, 0.3) is 0 Å². The number of hydrogen-bond donors (Lipinski definition) is 3. The van der Waals surface area contributed by atoms with Crippen molar-refractivity contribution in [1.82, 2.24) is 14.8 Å². The molecule has 0 saturated heterocycles. The van der Waals surface area contributed by atoms with E-state index in [9.17, 15) is 31.2 Å². The van der Waals surface area contributed by atoms with Crippen molar-refractivity contribution in [2.24, 2.45) is 0 Å². The Hall–Kier alpha value is -2.54. The van der Waals surface area contributed by atoms with Crippen LogP contribution in [0.2, 0.25) is 0 Å². The lowest BCUT2D eigenvalue weighted by atomic mass is 10.0. The monoisotopic (exact) mass is 469 g/mol. The van der Waals surface area contributed by atoms with Crippen LogP contribution in [0, 0.1) is 0 Å². The lowest BCUT2D eigenvalue weighted by Crippen LogP contribution is -2.46. The zero-order valence-electron chi connectivity index (χ0n) is 17.7. The third kappa shape index (κ3) is 10.4. The first kappa shape index (κ1) is 26.5. The van der Waals surface area contributed by atoms with Crippen molar-refractivity contribution in [3.05, 3.63) is 35.4 Å². The van der Waals surface area contributed by atoms with Gasteiger partial charge in [-0.2, -0.15) is 26.3 Å². The fourth-order valence-corrected chi connectivity index (χ4v) is 2.93. The van der Waals surface area contributed by atoms with E-state index in [2.05, 4.69) is 5.32 Å². The van der Waals surface area contributed by atoms with Gasteiger partial charge in [0.05, 0.1) is 17.7 Å². The van der Waals surface area contributed by atoms with Crippen LogP contribution in [-0.4, -0.2) is 38.9 Å². The predicted octanol–water partition coefficient (Wildman–Crippen LogP) is 3.24. The summed E-state index contributed by atoms with van der Waals surface area (Å²) < 4.78 is 76.7.